The fourth-order valence-corrected chi connectivity index (χ4v) is 3.22. The Morgan fingerprint density at radius 3 is 3.13 bits per heavy atom. The van der Waals surface area contributed by atoms with E-state index in [9.17, 15) is 5.11 Å². The van der Waals surface area contributed by atoms with E-state index in [4.69, 9.17) is 0 Å². The maximum Gasteiger partial charge on any atom is 0.0818 e. The van der Waals surface area contributed by atoms with Crippen LogP contribution in [0.2, 0.25) is 0 Å². The Morgan fingerprint density at radius 2 is 2.47 bits per heavy atom. The van der Waals surface area contributed by atoms with E-state index in [1.54, 1.807) is 6.20 Å². The van der Waals surface area contributed by atoms with E-state index in [-0.39, 0.29) is 0 Å². The Kier molecular flexibility index (Phi) is 3.32. The van der Waals surface area contributed by atoms with Gasteiger partial charge in [-0.05, 0) is 30.7 Å². The second-order valence-electron chi connectivity index (χ2n) is 4.22. The van der Waals surface area contributed by atoms with Gasteiger partial charge in [0.25, 0.3) is 0 Å². The van der Waals surface area contributed by atoms with Gasteiger partial charge < -0.3 is 5.11 Å². The van der Waals surface area contributed by atoms with Crippen molar-refractivity contribution in [2.24, 2.45) is 0 Å². The largest absolute Gasteiger partial charge is 0.388 e. The number of hydrogen-bond acceptors (Lipinski definition) is 3. The second kappa shape index (κ2) is 4.54. The van der Waals surface area contributed by atoms with E-state index >= 15 is 0 Å². The van der Waals surface area contributed by atoms with Crippen LogP contribution in [0.15, 0.2) is 24.4 Å². The number of thioether (sulfide) groups is 1. The normalized spacial score (nSPS) is 31.5. The molecule has 0 spiro atoms. The highest BCUT2D eigenvalue weighted by Crippen LogP contribution is 2.35. The molecule has 0 bridgehead atoms. The highest BCUT2D eigenvalue weighted by molar-refractivity contribution is 8.00. The summed E-state index contributed by atoms with van der Waals surface area (Å²) in [5.74, 6) is 1.17. The minimum absolute atomic E-state index is 0.313. The fourth-order valence-electron chi connectivity index (χ4n) is 2.05. The molecule has 1 aliphatic heterocycles. The molecule has 1 N–H and O–H groups in total. The van der Waals surface area contributed by atoms with E-state index in [2.05, 4.69) is 11.9 Å². The molecule has 1 saturated heterocycles. The predicted molar refractivity (Wildman–Crippen MR) is 64.0 cm³/mol. The third-order valence-corrected chi connectivity index (χ3v) is 4.56. The molecule has 15 heavy (non-hydrogen) atoms. The van der Waals surface area contributed by atoms with Gasteiger partial charge in [0, 0.05) is 23.6 Å². The summed E-state index contributed by atoms with van der Waals surface area (Å²) in [5.41, 5.74) is 0.437. The molecule has 1 aromatic heterocycles. The average molecular weight is 223 g/mol. The third kappa shape index (κ3) is 2.52. The minimum atomic E-state index is -0.558. The highest BCUT2D eigenvalue weighted by Gasteiger charge is 2.36. The first-order valence-corrected chi connectivity index (χ1v) is 6.49. The number of rotatable bonds is 2. The van der Waals surface area contributed by atoms with Crippen molar-refractivity contribution in [3.63, 3.8) is 0 Å². The summed E-state index contributed by atoms with van der Waals surface area (Å²) in [6.07, 6.45) is 4.48. The van der Waals surface area contributed by atoms with Gasteiger partial charge in [-0.3, -0.25) is 4.98 Å². The minimum Gasteiger partial charge on any atom is -0.388 e. The maximum atomic E-state index is 10.5. The van der Waals surface area contributed by atoms with Gasteiger partial charge >= 0.3 is 0 Å². The van der Waals surface area contributed by atoms with Crippen LogP contribution in [0.3, 0.4) is 0 Å². The summed E-state index contributed by atoms with van der Waals surface area (Å²) in [4.78, 5) is 4.28. The topological polar surface area (TPSA) is 33.1 Å². The first-order chi connectivity index (χ1) is 7.21. The SMILES string of the molecule is CC1SCCCC1(O)Cc1ccccn1. The monoisotopic (exact) mass is 223 g/mol. The molecule has 2 heterocycles. The van der Waals surface area contributed by atoms with E-state index in [1.807, 2.05) is 30.0 Å². The van der Waals surface area contributed by atoms with Crippen molar-refractivity contribution in [3.05, 3.63) is 30.1 Å². The number of pyridine rings is 1. The van der Waals surface area contributed by atoms with E-state index in [0.717, 1.165) is 18.5 Å². The van der Waals surface area contributed by atoms with E-state index in [1.165, 1.54) is 5.75 Å². The quantitative estimate of drug-likeness (QED) is 0.835. The summed E-state index contributed by atoms with van der Waals surface area (Å²) in [5, 5.41) is 10.8. The van der Waals surface area contributed by atoms with Crippen molar-refractivity contribution in [2.75, 3.05) is 5.75 Å². The molecular formula is C12H17NOS. The van der Waals surface area contributed by atoms with Crippen molar-refractivity contribution in [1.82, 2.24) is 4.98 Å². The molecule has 1 aromatic rings. The van der Waals surface area contributed by atoms with Gasteiger partial charge in [0.05, 0.1) is 5.60 Å². The predicted octanol–water partition coefficient (Wildman–Crippen LogP) is 2.27. The maximum absolute atomic E-state index is 10.5. The van der Waals surface area contributed by atoms with E-state index in [0.29, 0.717) is 11.7 Å². The summed E-state index contributed by atoms with van der Waals surface area (Å²) in [6, 6.07) is 5.88. The van der Waals surface area contributed by atoms with E-state index < -0.39 is 5.60 Å². The van der Waals surface area contributed by atoms with Crippen molar-refractivity contribution in [3.8, 4) is 0 Å². The molecule has 3 heteroatoms. The zero-order valence-electron chi connectivity index (χ0n) is 9.02. The standard InChI is InChI=1S/C12H17NOS/c1-10-12(14,6-4-8-15-10)9-11-5-2-3-7-13-11/h2-3,5,7,10,14H,4,6,8-9H2,1H3. The van der Waals surface area contributed by atoms with Gasteiger partial charge in [0.15, 0.2) is 0 Å². The van der Waals surface area contributed by atoms with Crippen LogP contribution in [0.25, 0.3) is 0 Å². The molecule has 0 aromatic carbocycles. The lowest BCUT2D eigenvalue weighted by Gasteiger charge is -2.37. The van der Waals surface area contributed by atoms with Crippen LogP contribution in [0.5, 0.6) is 0 Å². The molecule has 0 amide bonds. The molecule has 2 nitrogen and oxygen atoms in total. The Morgan fingerprint density at radius 1 is 1.60 bits per heavy atom. The van der Waals surface area contributed by atoms with Crippen molar-refractivity contribution in [2.45, 2.75) is 37.0 Å². The molecule has 2 rings (SSSR count). The van der Waals surface area contributed by atoms with Gasteiger partial charge in [-0.25, -0.2) is 0 Å². The van der Waals surface area contributed by atoms with Gasteiger partial charge in [-0.2, -0.15) is 11.8 Å². The fraction of sp³-hybridized carbons (Fsp3) is 0.583. The lowest BCUT2D eigenvalue weighted by atomic mass is 9.89. The first-order valence-electron chi connectivity index (χ1n) is 5.45. The number of aromatic nitrogens is 1. The molecule has 0 saturated carbocycles. The summed E-state index contributed by atoms with van der Waals surface area (Å²) in [7, 11) is 0. The lowest BCUT2D eigenvalue weighted by molar-refractivity contribution is 0.0288. The van der Waals surface area contributed by atoms with Crippen LogP contribution < -0.4 is 0 Å². The molecule has 2 atom stereocenters. The Labute approximate surface area is 95.1 Å². The molecule has 0 aliphatic carbocycles. The molecule has 1 aliphatic rings. The lowest BCUT2D eigenvalue weighted by Crippen LogP contribution is -2.43. The molecule has 0 radical (unpaired) electrons. The van der Waals surface area contributed by atoms with Crippen LogP contribution in [0.4, 0.5) is 0 Å². The Balaban J connectivity index is 2.09. The molecule has 2 unspecified atom stereocenters. The van der Waals surface area contributed by atoms with Crippen molar-refractivity contribution >= 4 is 11.8 Å². The summed E-state index contributed by atoms with van der Waals surface area (Å²) >= 11 is 1.87. The molecule has 1 fully saturated rings. The highest BCUT2D eigenvalue weighted by atomic mass is 32.2. The molecular weight excluding hydrogens is 206 g/mol. The number of hydrogen-bond donors (Lipinski definition) is 1. The van der Waals surface area contributed by atoms with Crippen LogP contribution in [0, 0.1) is 0 Å². The van der Waals surface area contributed by atoms with Gasteiger partial charge in [-0.1, -0.05) is 13.0 Å². The van der Waals surface area contributed by atoms with Crippen LogP contribution in [-0.2, 0) is 6.42 Å². The van der Waals surface area contributed by atoms with Gasteiger partial charge in [0.2, 0.25) is 0 Å². The second-order valence-corrected chi connectivity index (χ2v) is 5.67. The number of nitrogens with zero attached hydrogens (tertiary/aromatic N) is 1. The molecule has 82 valence electrons. The van der Waals surface area contributed by atoms with Crippen LogP contribution in [-0.4, -0.2) is 26.7 Å². The van der Waals surface area contributed by atoms with Gasteiger partial charge in [0.1, 0.15) is 0 Å². The number of aliphatic hydroxyl groups is 1. The van der Waals surface area contributed by atoms with Gasteiger partial charge in [-0.15, -0.1) is 0 Å². The summed E-state index contributed by atoms with van der Waals surface area (Å²) in [6.45, 7) is 2.12. The Bertz CT molecular complexity index is 317. The Hall–Kier alpha value is -0.540. The van der Waals surface area contributed by atoms with Crippen molar-refractivity contribution in [1.29, 1.82) is 0 Å². The first kappa shape index (κ1) is 11.0. The van der Waals surface area contributed by atoms with Crippen LogP contribution in [0.1, 0.15) is 25.5 Å². The zero-order chi connectivity index (χ0) is 10.7. The van der Waals surface area contributed by atoms with Crippen molar-refractivity contribution < 1.29 is 5.11 Å². The smallest absolute Gasteiger partial charge is 0.0818 e. The average Bonchev–Trinajstić information content (AvgIpc) is 2.24. The third-order valence-electron chi connectivity index (χ3n) is 3.09. The summed E-state index contributed by atoms with van der Waals surface area (Å²) < 4.78 is 0. The zero-order valence-corrected chi connectivity index (χ0v) is 9.83. The van der Waals surface area contributed by atoms with Crippen LogP contribution >= 0.6 is 11.8 Å².